The molecule has 110 valence electrons. The first kappa shape index (κ1) is 15.4. The van der Waals surface area contributed by atoms with E-state index >= 15 is 0 Å². The lowest BCUT2D eigenvalue weighted by atomic mass is 10.0. The summed E-state index contributed by atoms with van der Waals surface area (Å²) < 4.78 is 11.5. The van der Waals surface area contributed by atoms with Gasteiger partial charge in [0, 0.05) is 10.0 Å². The van der Waals surface area contributed by atoms with Crippen LogP contribution in [0.5, 0.6) is 11.5 Å². The Balaban J connectivity index is 2.46. The van der Waals surface area contributed by atoms with Crippen LogP contribution in [0.1, 0.15) is 22.8 Å². The van der Waals surface area contributed by atoms with Crippen LogP contribution < -0.4 is 15.2 Å². The lowest BCUT2D eigenvalue weighted by Crippen LogP contribution is -2.06. The second kappa shape index (κ2) is 6.63. The molecule has 0 radical (unpaired) electrons. The number of nitrogen functional groups attached to an aromatic ring is 1. The minimum Gasteiger partial charge on any atom is -0.495 e. The van der Waals surface area contributed by atoms with E-state index in [9.17, 15) is 4.79 Å². The van der Waals surface area contributed by atoms with Gasteiger partial charge in [0.15, 0.2) is 5.78 Å². The van der Waals surface area contributed by atoms with Crippen molar-refractivity contribution in [3.8, 4) is 11.5 Å². The highest BCUT2D eigenvalue weighted by Crippen LogP contribution is 2.28. The summed E-state index contributed by atoms with van der Waals surface area (Å²) in [5.41, 5.74) is 7.26. The molecule has 4 nitrogen and oxygen atoms in total. The lowest BCUT2D eigenvalue weighted by molar-refractivity contribution is 0.103. The van der Waals surface area contributed by atoms with Gasteiger partial charge in [-0.3, -0.25) is 4.79 Å². The molecule has 0 aliphatic rings. The molecule has 2 N–H and O–H groups in total. The van der Waals surface area contributed by atoms with Crippen molar-refractivity contribution in [2.75, 3.05) is 19.5 Å². The summed E-state index contributed by atoms with van der Waals surface area (Å²) >= 11 is 3.38. The molecule has 0 unspecified atom stereocenters. The molecule has 0 fully saturated rings. The number of ether oxygens (including phenoxy) is 2. The summed E-state index contributed by atoms with van der Waals surface area (Å²) in [6.07, 6.45) is 0. The van der Waals surface area contributed by atoms with E-state index in [4.69, 9.17) is 15.2 Å². The molecule has 0 atom stereocenters. The summed E-state index contributed by atoms with van der Waals surface area (Å²) in [6.45, 7) is 2.37. The smallest absolute Gasteiger partial charge is 0.196 e. The third-order valence-electron chi connectivity index (χ3n) is 2.98. The molecule has 0 saturated carbocycles. The highest BCUT2D eigenvalue weighted by atomic mass is 79.9. The lowest BCUT2D eigenvalue weighted by Gasteiger charge is -2.11. The molecule has 2 aromatic rings. The second-order valence-corrected chi connectivity index (χ2v) is 5.28. The van der Waals surface area contributed by atoms with Gasteiger partial charge in [-0.15, -0.1) is 0 Å². The van der Waals surface area contributed by atoms with E-state index in [2.05, 4.69) is 15.9 Å². The van der Waals surface area contributed by atoms with Crippen molar-refractivity contribution in [3.63, 3.8) is 0 Å². The summed E-state index contributed by atoms with van der Waals surface area (Å²) in [5.74, 6) is 0.897. The Hall–Kier alpha value is -2.01. The second-order valence-electron chi connectivity index (χ2n) is 4.36. The fourth-order valence-corrected chi connectivity index (χ4v) is 2.33. The van der Waals surface area contributed by atoms with Crippen molar-refractivity contribution in [2.24, 2.45) is 0 Å². The highest BCUT2D eigenvalue weighted by molar-refractivity contribution is 9.10. The Bertz CT molecular complexity index is 671. The molecule has 0 heterocycles. The first-order chi connectivity index (χ1) is 10.1. The summed E-state index contributed by atoms with van der Waals surface area (Å²) in [6, 6.07) is 10.3. The maximum absolute atomic E-state index is 12.7. The van der Waals surface area contributed by atoms with Crippen molar-refractivity contribution in [3.05, 3.63) is 52.0 Å². The minimum absolute atomic E-state index is 0.141. The molecular weight excluding hydrogens is 334 g/mol. The van der Waals surface area contributed by atoms with Crippen molar-refractivity contribution in [1.29, 1.82) is 0 Å². The third-order valence-corrected chi connectivity index (χ3v) is 3.47. The first-order valence-electron chi connectivity index (χ1n) is 6.47. The Morgan fingerprint density at radius 2 is 1.95 bits per heavy atom. The van der Waals surface area contributed by atoms with Gasteiger partial charge in [0.1, 0.15) is 11.5 Å². The van der Waals surface area contributed by atoms with Crippen LogP contribution in [0, 0.1) is 0 Å². The van der Waals surface area contributed by atoms with Gasteiger partial charge in [-0.1, -0.05) is 15.9 Å². The standard InChI is InChI=1S/C16H16BrNO3/c1-3-21-14-7-5-11(17)9-12(14)16(19)10-4-6-13(18)15(8-10)20-2/h4-9H,3,18H2,1-2H3. The molecule has 21 heavy (non-hydrogen) atoms. The SMILES string of the molecule is CCOc1ccc(Br)cc1C(=O)c1ccc(N)c(OC)c1. The number of hydrogen-bond acceptors (Lipinski definition) is 4. The number of anilines is 1. The monoisotopic (exact) mass is 349 g/mol. The van der Waals surface area contributed by atoms with Gasteiger partial charge in [-0.05, 0) is 43.3 Å². The van der Waals surface area contributed by atoms with Crippen molar-refractivity contribution in [1.82, 2.24) is 0 Å². The van der Waals surface area contributed by atoms with E-state index in [1.165, 1.54) is 7.11 Å². The van der Waals surface area contributed by atoms with Gasteiger partial charge in [0.05, 0.1) is 25.0 Å². The van der Waals surface area contributed by atoms with Crippen LogP contribution >= 0.6 is 15.9 Å². The van der Waals surface area contributed by atoms with Crippen LogP contribution in [-0.4, -0.2) is 19.5 Å². The Morgan fingerprint density at radius 3 is 2.62 bits per heavy atom. The Labute approximate surface area is 132 Å². The molecule has 0 aliphatic heterocycles. The molecule has 0 aliphatic carbocycles. The molecule has 2 aromatic carbocycles. The molecule has 2 rings (SSSR count). The number of methoxy groups -OCH3 is 1. The first-order valence-corrected chi connectivity index (χ1v) is 7.26. The Morgan fingerprint density at radius 1 is 1.19 bits per heavy atom. The predicted molar refractivity (Wildman–Crippen MR) is 86.1 cm³/mol. The molecule has 0 aromatic heterocycles. The highest BCUT2D eigenvalue weighted by Gasteiger charge is 2.16. The zero-order valence-corrected chi connectivity index (χ0v) is 13.4. The van der Waals surface area contributed by atoms with Gasteiger partial charge in [0.25, 0.3) is 0 Å². The average Bonchev–Trinajstić information content (AvgIpc) is 2.49. The molecular formula is C16H16BrNO3. The van der Waals surface area contributed by atoms with E-state index in [0.29, 0.717) is 34.9 Å². The van der Waals surface area contributed by atoms with Crippen LogP contribution in [0.15, 0.2) is 40.9 Å². The fourth-order valence-electron chi connectivity index (χ4n) is 1.97. The van der Waals surface area contributed by atoms with E-state index in [1.54, 1.807) is 30.3 Å². The third kappa shape index (κ3) is 3.36. The number of carbonyl (C=O) groups is 1. The van der Waals surface area contributed by atoms with E-state index in [0.717, 1.165) is 4.47 Å². The van der Waals surface area contributed by atoms with E-state index in [1.807, 2.05) is 13.0 Å². The largest absolute Gasteiger partial charge is 0.495 e. The minimum atomic E-state index is -0.141. The molecule has 0 saturated heterocycles. The van der Waals surface area contributed by atoms with Crippen LogP contribution in [0.2, 0.25) is 0 Å². The average molecular weight is 350 g/mol. The van der Waals surface area contributed by atoms with Crippen LogP contribution in [0.25, 0.3) is 0 Å². The van der Waals surface area contributed by atoms with Crippen molar-refractivity contribution >= 4 is 27.4 Å². The molecule has 0 bridgehead atoms. The van der Waals surface area contributed by atoms with Gasteiger partial charge in [0.2, 0.25) is 0 Å². The van der Waals surface area contributed by atoms with Gasteiger partial charge >= 0.3 is 0 Å². The van der Waals surface area contributed by atoms with Gasteiger partial charge < -0.3 is 15.2 Å². The summed E-state index contributed by atoms with van der Waals surface area (Å²) in [4.78, 5) is 12.7. The number of halogens is 1. The number of ketones is 1. The van der Waals surface area contributed by atoms with Crippen LogP contribution in [0.4, 0.5) is 5.69 Å². The van der Waals surface area contributed by atoms with E-state index < -0.39 is 0 Å². The van der Waals surface area contributed by atoms with E-state index in [-0.39, 0.29) is 5.78 Å². The number of rotatable bonds is 5. The Kier molecular flexibility index (Phi) is 4.85. The maximum Gasteiger partial charge on any atom is 0.196 e. The maximum atomic E-state index is 12.7. The fraction of sp³-hybridized carbons (Fsp3) is 0.188. The van der Waals surface area contributed by atoms with Crippen LogP contribution in [-0.2, 0) is 0 Å². The predicted octanol–water partition coefficient (Wildman–Crippen LogP) is 3.67. The number of carbonyl (C=O) groups excluding carboxylic acids is 1. The van der Waals surface area contributed by atoms with Crippen molar-refractivity contribution < 1.29 is 14.3 Å². The molecule has 0 spiro atoms. The number of hydrogen-bond donors (Lipinski definition) is 1. The zero-order valence-electron chi connectivity index (χ0n) is 11.9. The topological polar surface area (TPSA) is 61.5 Å². The molecule has 5 heteroatoms. The van der Waals surface area contributed by atoms with Gasteiger partial charge in [-0.2, -0.15) is 0 Å². The molecule has 0 amide bonds. The van der Waals surface area contributed by atoms with Gasteiger partial charge in [-0.25, -0.2) is 0 Å². The zero-order chi connectivity index (χ0) is 15.4. The van der Waals surface area contributed by atoms with Crippen LogP contribution in [0.3, 0.4) is 0 Å². The summed E-state index contributed by atoms with van der Waals surface area (Å²) in [7, 11) is 1.52. The summed E-state index contributed by atoms with van der Waals surface area (Å²) in [5, 5.41) is 0. The number of nitrogens with two attached hydrogens (primary N) is 1. The van der Waals surface area contributed by atoms with Crippen molar-refractivity contribution in [2.45, 2.75) is 6.92 Å². The normalized spacial score (nSPS) is 10.2. The quantitative estimate of drug-likeness (QED) is 0.660. The number of benzene rings is 2.